The molecule has 0 aromatic carbocycles. The number of fused-ring (bicyclic) bond motifs is 1. The van der Waals surface area contributed by atoms with Crippen LogP contribution in [0.3, 0.4) is 0 Å². The van der Waals surface area contributed by atoms with Crippen LogP contribution in [0.4, 0.5) is 5.69 Å². The van der Waals surface area contributed by atoms with E-state index in [-0.39, 0.29) is 23.5 Å². The first-order valence-corrected chi connectivity index (χ1v) is 10.3. The van der Waals surface area contributed by atoms with Crippen molar-refractivity contribution in [3.63, 3.8) is 0 Å². The van der Waals surface area contributed by atoms with E-state index in [0.717, 1.165) is 28.0 Å². The number of anilines is 1. The molecule has 0 aliphatic heterocycles. The van der Waals surface area contributed by atoms with Gasteiger partial charge in [-0.2, -0.15) is 0 Å². The number of carbonyl (C=O) groups excluding carboxylic acids is 3. The Labute approximate surface area is 173 Å². The molecule has 4 N–H and O–H groups in total. The molecule has 28 heavy (non-hydrogen) atoms. The number of thiophene rings is 2. The molecular formula is C18H17ClN4O3S2. The fourth-order valence-corrected chi connectivity index (χ4v) is 4.82. The second-order valence-electron chi connectivity index (χ2n) is 6.13. The summed E-state index contributed by atoms with van der Waals surface area (Å²) < 4.78 is 0.515. The molecule has 0 atom stereocenters. The maximum atomic E-state index is 12.4. The van der Waals surface area contributed by atoms with Gasteiger partial charge in [0.2, 0.25) is 5.91 Å². The lowest BCUT2D eigenvalue weighted by Gasteiger charge is -2.06. The summed E-state index contributed by atoms with van der Waals surface area (Å²) in [5, 5.41) is 0.743. The highest BCUT2D eigenvalue weighted by Crippen LogP contribution is 2.34. The summed E-state index contributed by atoms with van der Waals surface area (Å²) >= 11 is 8.13. The van der Waals surface area contributed by atoms with Crippen molar-refractivity contribution >= 4 is 67.8 Å². The highest BCUT2D eigenvalue weighted by molar-refractivity contribution is 7.21. The maximum Gasteiger partial charge on any atom is 0.281 e. The lowest BCUT2D eigenvalue weighted by atomic mass is 10.1. The number of carbonyl (C=O) groups is 3. The zero-order chi connectivity index (χ0) is 20.4. The van der Waals surface area contributed by atoms with Crippen LogP contribution in [0.25, 0.3) is 10.2 Å². The number of halogens is 1. The number of aromatic nitrogens is 1. The Morgan fingerprint density at radius 1 is 1.14 bits per heavy atom. The van der Waals surface area contributed by atoms with Crippen LogP contribution >= 0.6 is 34.3 Å². The molecule has 2 amide bonds. The third-order valence-corrected chi connectivity index (χ3v) is 6.34. The number of nitrogens with two attached hydrogens (primary N) is 1. The fraction of sp³-hybridized carbons (Fsp3) is 0.222. The number of Topliss-reactive ketones (excluding diaryl/α,β-unsaturated/α-hetero) is 1. The second kappa shape index (κ2) is 8.26. The zero-order valence-corrected chi connectivity index (χ0v) is 17.5. The predicted octanol–water partition coefficient (Wildman–Crippen LogP) is 3.63. The number of hydrazine groups is 1. The summed E-state index contributed by atoms with van der Waals surface area (Å²) in [4.78, 5) is 42.2. The van der Waals surface area contributed by atoms with Crippen LogP contribution in [0, 0.1) is 13.8 Å². The minimum absolute atomic E-state index is 0.0198. The summed E-state index contributed by atoms with van der Waals surface area (Å²) in [6.07, 6.45) is -0.0393. The van der Waals surface area contributed by atoms with Gasteiger partial charge in [0.05, 0.1) is 14.9 Å². The molecule has 146 valence electrons. The number of pyridine rings is 1. The average Bonchev–Trinajstić information content (AvgIpc) is 3.21. The van der Waals surface area contributed by atoms with Gasteiger partial charge in [-0.1, -0.05) is 11.6 Å². The Hall–Kier alpha value is -2.49. The van der Waals surface area contributed by atoms with E-state index in [2.05, 4.69) is 15.8 Å². The Balaban J connectivity index is 1.59. The largest absolute Gasteiger partial charge is 0.397 e. The first-order valence-electron chi connectivity index (χ1n) is 8.30. The molecule has 3 rings (SSSR count). The molecular weight excluding hydrogens is 420 g/mol. The van der Waals surface area contributed by atoms with Crippen LogP contribution in [0.1, 0.15) is 43.4 Å². The van der Waals surface area contributed by atoms with E-state index in [0.29, 0.717) is 19.7 Å². The first kappa shape index (κ1) is 20.2. The molecule has 0 fully saturated rings. The van der Waals surface area contributed by atoms with Crippen molar-refractivity contribution in [1.29, 1.82) is 0 Å². The van der Waals surface area contributed by atoms with Crippen LogP contribution < -0.4 is 16.6 Å². The third kappa shape index (κ3) is 4.32. The topological polar surface area (TPSA) is 114 Å². The van der Waals surface area contributed by atoms with Gasteiger partial charge in [0.1, 0.15) is 9.71 Å². The van der Waals surface area contributed by atoms with E-state index in [9.17, 15) is 14.4 Å². The van der Waals surface area contributed by atoms with Crippen LogP contribution in [-0.4, -0.2) is 22.6 Å². The van der Waals surface area contributed by atoms with Crippen molar-refractivity contribution in [3.8, 4) is 0 Å². The molecule has 0 aliphatic rings. The van der Waals surface area contributed by atoms with E-state index in [1.54, 1.807) is 12.1 Å². The summed E-state index contributed by atoms with van der Waals surface area (Å²) in [7, 11) is 0. The minimum Gasteiger partial charge on any atom is -0.397 e. The molecule has 0 unspecified atom stereocenters. The Morgan fingerprint density at radius 3 is 2.57 bits per heavy atom. The second-order valence-corrected chi connectivity index (χ2v) is 8.85. The molecule has 0 aliphatic carbocycles. The van der Waals surface area contributed by atoms with Gasteiger partial charge >= 0.3 is 0 Å². The minimum atomic E-state index is -0.526. The van der Waals surface area contributed by atoms with Gasteiger partial charge in [-0.3, -0.25) is 25.2 Å². The molecule has 0 saturated carbocycles. The molecule has 0 radical (unpaired) electrons. The number of ketones is 1. The lowest BCUT2D eigenvalue weighted by Crippen LogP contribution is -2.41. The average molecular weight is 437 g/mol. The van der Waals surface area contributed by atoms with Crippen LogP contribution in [0.15, 0.2) is 18.2 Å². The quantitative estimate of drug-likeness (QED) is 0.417. The third-order valence-electron chi connectivity index (χ3n) is 3.97. The number of amides is 2. The van der Waals surface area contributed by atoms with Gasteiger partial charge < -0.3 is 5.73 Å². The van der Waals surface area contributed by atoms with Gasteiger partial charge in [-0.15, -0.1) is 22.7 Å². The van der Waals surface area contributed by atoms with E-state index < -0.39 is 11.8 Å². The van der Waals surface area contributed by atoms with Crippen molar-refractivity contribution in [2.24, 2.45) is 0 Å². The zero-order valence-electron chi connectivity index (χ0n) is 15.1. The molecule has 7 nitrogen and oxygen atoms in total. The molecule has 0 bridgehead atoms. The molecule has 10 heteroatoms. The van der Waals surface area contributed by atoms with E-state index in [4.69, 9.17) is 17.3 Å². The number of nitrogens with zero attached hydrogens (tertiary/aromatic N) is 1. The van der Waals surface area contributed by atoms with Crippen molar-refractivity contribution in [3.05, 3.63) is 43.5 Å². The van der Waals surface area contributed by atoms with E-state index in [1.165, 1.54) is 11.3 Å². The Bertz CT molecular complexity index is 1090. The molecule has 3 aromatic heterocycles. The number of nitrogens with one attached hydrogen (secondary N) is 2. The number of hydrogen-bond donors (Lipinski definition) is 3. The molecule has 3 heterocycles. The highest BCUT2D eigenvalue weighted by Gasteiger charge is 2.19. The van der Waals surface area contributed by atoms with Gasteiger partial charge in [0.15, 0.2) is 5.78 Å². The normalized spacial score (nSPS) is 10.8. The van der Waals surface area contributed by atoms with Gasteiger partial charge in [0, 0.05) is 23.9 Å². The van der Waals surface area contributed by atoms with Crippen molar-refractivity contribution < 1.29 is 14.4 Å². The number of nitrogen functional groups attached to an aromatic ring is 1. The molecule has 0 saturated heterocycles. The van der Waals surface area contributed by atoms with E-state index in [1.807, 2.05) is 19.9 Å². The molecule has 3 aromatic rings. The van der Waals surface area contributed by atoms with Gasteiger partial charge in [0.25, 0.3) is 5.91 Å². The van der Waals surface area contributed by atoms with E-state index >= 15 is 0 Å². The maximum absolute atomic E-state index is 12.4. The summed E-state index contributed by atoms with van der Waals surface area (Å²) in [5.74, 6) is -1.18. The van der Waals surface area contributed by atoms with Crippen LogP contribution in [0.5, 0.6) is 0 Å². The first-order chi connectivity index (χ1) is 13.3. The Morgan fingerprint density at radius 2 is 1.89 bits per heavy atom. The SMILES string of the molecule is Cc1cc(C)c2c(N)c(C(=O)NNC(=O)CCC(=O)c3ccc(Cl)s3)sc2n1. The van der Waals surface area contributed by atoms with Crippen molar-refractivity contribution in [2.75, 3.05) is 5.73 Å². The number of rotatable bonds is 5. The lowest BCUT2D eigenvalue weighted by molar-refractivity contribution is -0.121. The van der Waals surface area contributed by atoms with Gasteiger partial charge in [-0.25, -0.2) is 4.98 Å². The van der Waals surface area contributed by atoms with Gasteiger partial charge in [-0.05, 0) is 37.6 Å². The van der Waals surface area contributed by atoms with Crippen molar-refractivity contribution in [1.82, 2.24) is 15.8 Å². The highest BCUT2D eigenvalue weighted by atomic mass is 35.5. The Kier molecular flexibility index (Phi) is 5.97. The monoisotopic (exact) mass is 436 g/mol. The van der Waals surface area contributed by atoms with Crippen LogP contribution in [-0.2, 0) is 4.79 Å². The summed E-state index contributed by atoms with van der Waals surface area (Å²) in [5.41, 5.74) is 12.9. The fourth-order valence-electron chi connectivity index (χ4n) is 2.70. The van der Waals surface area contributed by atoms with Crippen LogP contribution in [0.2, 0.25) is 4.34 Å². The predicted molar refractivity (Wildman–Crippen MR) is 112 cm³/mol. The number of aryl methyl sites for hydroxylation is 2. The van der Waals surface area contributed by atoms with Crippen molar-refractivity contribution in [2.45, 2.75) is 26.7 Å². The standard InChI is InChI=1S/C18H17ClN4O3S2/c1-8-7-9(2)21-18-14(8)15(20)16(28-18)17(26)23-22-13(25)6-3-10(24)11-4-5-12(19)27-11/h4-5,7H,3,6,20H2,1-2H3,(H,22,25)(H,23,26). The summed E-state index contributed by atoms with van der Waals surface area (Å²) in [6, 6.07) is 5.15. The smallest absolute Gasteiger partial charge is 0.281 e. The number of hydrogen-bond acceptors (Lipinski definition) is 7. The summed E-state index contributed by atoms with van der Waals surface area (Å²) in [6.45, 7) is 3.77. The molecule has 0 spiro atoms.